The van der Waals surface area contributed by atoms with E-state index in [0.717, 1.165) is 36.4 Å². The summed E-state index contributed by atoms with van der Waals surface area (Å²) in [4.78, 5) is 0. The average molecular weight is 474 g/mol. The molecular weight excluding hydrogens is 426 g/mol. The Morgan fingerprint density at radius 3 is 1.87 bits per heavy atom. The second-order valence-corrected chi connectivity index (χ2v) is 16.3. The third-order valence-corrected chi connectivity index (χ3v) is 14.4. The van der Waals surface area contributed by atoms with Crippen molar-refractivity contribution in [1.82, 2.24) is 4.47 Å². The fourth-order valence-corrected chi connectivity index (χ4v) is 8.87. The number of unbranched alkanes of at least 4 members (excludes halogenated alkanes) is 9. The van der Waals surface area contributed by atoms with Crippen LogP contribution >= 0.6 is 0 Å². The van der Waals surface area contributed by atoms with Gasteiger partial charge in [-0.3, -0.25) is 5.21 Å². The van der Waals surface area contributed by atoms with Crippen LogP contribution in [0.3, 0.4) is 0 Å². The summed E-state index contributed by atoms with van der Waals surface area (Å²) in [6, 6.07) is 5.18. The quantitative estimate of drug-likeness (QED) is 0.142. The third-order valence-electron chi connectivity index (χ3n) is 7.09. The maximum absolute atomic E-state index is 12.8. The van der Waals surface area contributed by atoms with Crippen LogP contribution in [-0.2, 0) is 10.0 Å². The smallest absolute Gasteiger partial charge is 0.242 e. The minimum absolute atomic E-state index is 0.158. The van der Waals surface area contributed by atoms with E-state index in [1.165, 1.54) is 44.9 Å². The molecule has 7 heteroatoms. The summed E-state index contributed by atoms with van der Waals surface area (Å²) < 4.78 is 32.1. The fourth-order valence-electron chi connectivity index (χ4n) is 4.33. The lowest BCUT2D eigenvalue weighted by atomic mass is 10.1. The van der Waals surface area contributed by atoms with Gasteiger partial charge < -0.3 is 4.42 Å². The largest absolute Gasteiger partial charge is 0.474 e. The lowest BCUT2D eigenvalue weighted by Gasteiger charge is -2.25. The van der Waals surface area contributed by atoms with Crippen molar-refractivity contribution in [2.45, 2.75) is 122 Å². The SMILES string of the molecule is CCCCCCCCCCCCN(O)S(=O)(=O)C(C)c1coc([Si](CC)(CC)CC)c1. The Hall–Kier alpha value is -0.633. The zero-order valence-corrected chi connectivity index (χ0v) is 22.5. The lowest BCUT2D eigenvalue weighted by molar-refractivity contribution is 0.000821. The molecule has 0 fully saturated rings. The predicted octanol–water partition coefficient (Wildman–Crippen LogP) is 7.00. The van der Waals surface area contributed by atoms with Gasteiger partial charge in [0.25, 0.3) is 0 Å². The van der Waals surface area contributed by atoms with Crippen molar-refractivity contribution in [1.29, 1.82) is 0 Å². The number of furan rings is 1. The summed E-state index contributed by atoms with van der Waals surface area (Å²) in [5.74, 6) is 0. The van der Waals surface area contributed by atoms with Gasteiger partial charge in [0.15, 0.2) is 0 Å². The molecule has 1 heterocycles. The minimum Gasteiger partial charge on any atom is -0.474 e. The van der Waals surface area contributed by atoms with Gasteiger partial charge in [-0.05, 0) is 19.4 Å². The van der Waals surface area contributed by atoms with Crippen LogP contribution in [0.5, 0.6) is 0 Å². The molecule has 1 atom stereocenters. The van der Waals surface area contributed by atoms with Crippen LogP contribution < -0.4 is 5.38 Å². The Bertz CT molecular complexity index is 692. The van der Waals surface area contributed by atoms with Gasteiger partial charge in [0, 0.05) is 12.1 Å². The van der Waals surface area contributed by atoms with Crippen LogP contribution in [0.15, 0.2) is 16.7 Å². The highest BCUT2D eigenvalue weighted by Gasteiger charge is 2.35. The summed E-state index contributed by atoms with van der Waals surface area (Å²) in [6.07, 6.45) is 13.3. The summed E-state index contributed by atoms with van der Waals surface area (Å²) in [5.41, 5.74) is 0.643. The van der Waals surface area contributed by atoms with Crippen LogP contribution in [0.2, 0.25) is 18.1 Å². The predicted molar refractivity (Wildman–Crippen MR) is 133 cm³/mol. The van der Waals surface area contributed by atoms with Crippen LogP contribution in [-0.4, -0.2) is 32.7 Å². The molecule has 0 amide bonds. The van der Waals surface area contributed by atoms with Gasteiger partial charge in [-0.1, -0.05) is 108 Å². The Morgan fingerprint density at radius 2 is 1.39 bits per heavy atom. The molecule has 0 bridgehead atoms. The van der Waals surface area contributed by atoms with Crippen LogP contribution in [0.1, 0.15) is 110 Å². The second kappa shape index (κ2) is 14.5. The molecule has 0 aliphatic carbocycles. The van der Waals surface area contributed by atoms with Gasteiger partial charge in [-0.15, -0.1) is 0 Å². The van der Waals surface area contributed by atoms with Gasteiger partial charge >= 0.3 is 0 Å². The Balaban J connectivity index is 2.48. The van der Waals surface area contributed by atoms with Crippen molar-refractivity contribution in [3.63, 3.8) is 0 Å². The molecule has 0 spiro atoms. The first-order chi connectivity index (χ1) is 14.8. The highest BCUT2D eigenvalue weighted by atomic mass is 32.2. The van der Waals surface area contributed by atoms with Gasteiger partial charge in [-0.25, -0.2) is 8.42 Å². The number of nitrogens with zero attached hydrogens (tertiary/aromatic N) is 1. The maximum atomic E-state index is 12.8. The first-order valence-electron chi connectivity index (χ1n) is 12.6. The van der Waals surface area contributed by atoms with E-state index in [4.69, 9.17) is 4.42 Å². The van der Waals surface area contributed by atoms with E-state index in [-0.39, 0.29) is 6.54 Å². The van der Waals surface area contributed by atoms with E-state index in [2.05, 4.69) is 27.7 Å². The van der Waals surface area contributed by atoms with Crippen LogP contribution in [0, 0.1) is 0 Å². The molecule has 31 heavy (non-hydrogen) atoms. The Morgan fingerprint density at radius 1 is 0.903 bits per heavy atom. The monoisotopic (exact) mass is 473 g/mol. The molecule has 1 rings (SSSR count). The average Bonchev–Trinajstić information content (AvgIpc) is 3.26. The highest BCUT2D eigenvalue weighted by Crippen LogP contribution is 2.28. The summed E-state index contributed by atoms with van der Waals surface area (Å²) in [6.45, 7) is 10.6. The molecule has 1 aromatic rings. The molecule has 0 aliphatic heterocycles. The standard InChI is InChI=1S/C24H47NO4SSi/c1-6-10-11-12-13-14-15-16-17-18-19-25(26)30(27,28)22(5)23-20-24(29-21-23)31(7-2,8-3)9-4/h20-22,26H,6-19H2,1-5H3. The van der Waals surface area contributed by atoms with Crippen molar-refractivity contribution in [2.75, 3.05) is 6.54 Å². The molecule has 0 aromatic carbocycles. The molecule has 1 unspecified atom stereocenters. The van der Waals surface area contributed by atoms with E-state index >= 15 is 0 Å². The molecule has 0 saturated carbocycles. The summed E-state index contributed by atoms with van der Waals surface area (Å²) in [7, 11) is -5.50. The van der Waals surface area contributed by atoms with E-state index in [1.54, 1.807) is 13.2 Å². The van der Waals surface area contributed by atoms with Crippen molar-refractivity contribution in [3.8, 4) is 0 Å². The number of sulfonamides is 1. The Labute approximate surface area is 192 Å². The molecule has 0 radical (unpaired) electrons. The lowest BCUT2D eigenvalue weighted by Crippen LogP contribution is -2.44. The third kappa shape index (κ3) is 8.34. The molecule has 0 aliphatic rings. The molecule has 1 N–H and O–H groups in total. The van der Waals surface area contributed by atoms with Crippen molar-refractivity contribution >= 4 is 23.5 Å². The van der Waals surface area contributed by atoms with Crippen molar-refractivity contribution < 1.29 is 18.0 Å². The van der Waals surface area contributed by atoms with Crippen LogP contribution in [0.25, 0.3) is 0 Å². The summed E-state index contributed by atoms with van der Waals surface area (Å²) in [5, 5.41) is 10.4. The minimum atomic E-state index is -3.81. The molecule has 5 nitrogen and oxygen atoms in total. The van der Waals surface area contributed by atoms with Crippen molar-refractivity contribution in [3.05, 3.63) is 17.9 Å². The van der Waals surface area contributed by atoms with Gasteiger partial charge in [0.1, 0.15) is 13.3 Å². The normalized spacial score (nSPS) is 13.8. The zero-order valence-electron chi connectivity index (χ0n) is 20.7. The zero-order chi connectivity index (χ0) is 23.3. The fraction of sp³-hybridized carbons (Fsp3) is 0.833. The topological polar surface area (TPSA) is 70.8 Å². The number of rotatable bonds is 18. The first kappa shape index (κ1) is 28.4. The van der Waals surface area contributed by atoms with Gasteiger partial charge in [-0.2, -0.15) is 0 Å². The van der Waals surface area contributed by atoms with E-state index in [9.17, 15) is 13.6 Å². The second-order valence-electron chi connectivity index (χ2n) is 9.00. The molecular formula is C24H47NO4SSi. The van der Waals surface area contributed by atoms with Crippen LogP contribution in [0.4, 0.5) is 0 Å². The Kier molecular flexibility index (Phi) is 13.3. The molecule has 182 valence electrons. The number of hydrogen-bond donors (Lipinski definition) is 1. The molecule has 1 aromatic heterocycles. The summed E-state index contributed by atoms with van der Waals surface area (Å²) >= 11 is 0. The first-order valence-corrected chi connectivity index (χ1v) is 16.7. The van der Waals surface area contributed by atoms with E-state index in [1.807, 2.05) is 6.07 Å². The maximum Gasteiger partial charge on any atom is 0.242 e. The van der Waals surface area contributed by atoms with E-state index < -0.39 is 23.3 Å². The van der Waals surface area contributed by atoms with Gasteiger partial charge in [0.05, 0.1) is 11.6 Å². The van der Waals surface area contributed by atoms with Gasteiger partial charge in [0.2, 0.25) is 10.0 Å². The number of hydroxylamine groups is 1. The highest BCUT2D eigenvalue weighted by molar-refractivity contribution is 7.89. The molecule has 0 saturated heterocycles. The number of hydrogen-bond acceptors (Lipinski definition) is 4. The van der Waals surface area contributed by atoms with Crippen molar-refractivity contribution in [2.24, 2.45) is 0 Å². The van der Waals surface area contributed by atoms with E-state index in [0.29, 0.717) is 16.5 Å².